The summed E-state index contributed by atoms with van der Waals surface area (Å²) in [6, 6.07) is 17.5. The van der Waals surface area contributed by atoms with E-state index >= 15 is 0 Å². The van der Waals surface area contributed by atoms with Crippen molar-refractivity contribution in [2.24, 2.45) is 0 Å². The Bertz CT molecular complexity index is 1280. The number of ether oxygens (including phenoxy) is 1. The normalized spacial score (nSPS) is 13.2. The van der Waals surface area contributed by atoms with E-state index < -0.39 is 5.97 Å². The van der Waals surface area contributed by atoms with Crippen molar-refractivity contribution in [2.75, 3.05) is 13.2 Å². The molecular weight excluding hydrogens is 420 g/mol. The molecule has 0 bridgehead atoms. The van der Waals surface area contributed by atoms with Crippen LogP contribution >= 0.6 is 0 Å². The second kappa shape index (κ2) is 8.85. The average molecular weight is 444 g/mol. The number of carbonyl (C=O) groups excluding carboxylic acids is 2. The highest BCUT2D eigenvalue weighted by atomic mass is 16.5. The predicted octanol–water partition coefficient (Wildman–Crippen LogP) is 2.44. The van der Waals surface area contributed by atoms with Crippen LogP contribution in [0.5, 0.6) is 0 Å². The predicted molar refractivity (Wildman–Crippen MR) is 120 cm³/mol. The Morgan fingerprint density at radius 2 is 1.67 bits per heavy atom. The molecule has 0 atom stereocenters. The highest BCUT2D eigenvalue weighted by Crippen LogP contribution is 2.25. The zero-order valence-electron chi connectivity index (χ0n) is 18.3. The van der Waals surface area contributed by atoms with E-state index in [0.717, 1.165) is 27.9 Å². The van der Waals surface area contributed by atoms with E-state index in [0.29, 0.717) is 26.1 Å². The molecule has 9 heteroatoms. The molecule has 33 heavy (non-hydrogen) atoms. The summed E-state index contributed by atoms with van der Waals surface area (Å²) in [6.07, 6.45) is 0.606. The van der Waals surface area contributed by atoms with Crippen LogP contribution in [0.1, 0.15) is 34.2 Å². The molecule has 1 aliphatic rings. The average Bonchev–Trinajstić information content (AvgIpc) is 3.40. The van der Waals surface area contributed by atoms with Crippen LogP contribution in [0.3, 0.4) is 0 Å². The molecule has 0 spiro atoms. The summed E-state index contributed by atoms with van der Waals surface area (Å²) in [5.41, 5.74) is 4.59. The topological polar surface area (TPSA) is 95.1 Å². The molecule has 9 nitrogen and oxygen atoms in total. The van der Waals surface area contributed by atoms with Gasteiger partial charge in [0.05, 0.1) is 13.2 Å². The fourth-order valence-electron chi connectivity index (χ4n) is 4.15. The number of hydrogen-bond acceptors (Lipinski definition) is 6. The Labute approximate surface area is 190 Å². The highest BCUT2D eigenvalue weighted by molar-refractivity contribution is 5.89. The minimum Gasteiger partial charge on any atom is -0.461 e. The first kappa shape index (κ1) is 20.9. The minimum atomic E-state index is -0.463. The van der Waals surface area contributed by atoms with E-state index in [1.54, 1.807) is 11.8 Å². The van der Waals surface area contributed by atoms with Gasteiger partial charge in [-0.3, -0.25) is 9.48 Å². The molecule has 0 aliphatic carbocycles. The number of rotatable bonds is 6. The van der Waals surface area contributed by atoms with Gasteiger partial charge in [-0.2, -0.15) is 20.1 Å². The molecular formula is C24H24N6O3. The summed E-state index contributed by atoms with van der Waals surface area (Å²) < 4.78 is 7.10. The quantitative estimate of drug-likeness (QED) is 0.424. The Morgan fingerprint density at radius 1 is 0.970 bits per heavy atom. The van der Waals surface area contributed by atoms with Gasteiger partial charge in [-0.25, -0.2) is 4.79 Å². The fraction of sp³-hybridized carbons (Fsp3) is 0.292. The van der Waals surface area contributed by atoms with Gasteiger partial charge in [0.1, 0.15) is 17.6 Å². The van der Waals surface area contributed by atoms with Crippen molar-refractivity contribution in [1.29, 1.82) is 0 Å². The number of esters is 1. The summed E-state index contributed by atoms with van der Waals surface area (Å²) in [5.74, 6) is -0.568. The van der Waals surface area contributed by atoms with Gasteiger partial charge in [-0.05, 0) is 24.6 Å². The van der Waals surface area contributed by atoms with Crippen molar-refractivity contribution in [2.45, 2.75) is 33.0 Å². The van der Waals surface area contributed by atoms with Gasteiger partial charge in [-0.15, -0.1) is 0 Å². The molecule has 0 radical (unpaired) electrons. The molecule has 2 aromatic heterocycles. The summed E-state index contributed by atoms with van der Waals surface area (Å²) in [7, 11) is 0. The Hall–Kier alpha value is -4.01. The zero-order valence-corrected chi connectivity index (χ0v) is 18.3. The van der Waals surface area contributed by atoms with E-state index in [9.17, 15) is 9.59 Å². The minimum absolute atomic E-state index is 0.0386. The van der Waals surface area contributed by atoms with E-state index in [2.05, 4.69) is 15.3 Å². The molecule has 1 aliphatic heterocycles. The highest BCUT2D eigenvalue weighted by Gasteiger charge is 2.31. The van der Waals surface area contributed by atoms with Crippen LogP contribution in [0.15, 0.2) is 54.6 Å². The molecule has 3 heterocycles. The van der Waals surface area contributed by atoms with Gasteiger partial charge in [0.15, 0.2) is 5.69 Å². The SMILES string of the molecule is CCOC(=O)c1nn(Cc2ccccc2)c2c1CN(C(=O)Cn1nc3ccccc3n1)CC2. The summed E-state index contributed by atoms with van der Waals surface area (Å²) in [4.78, 5) is 28.8. The summed E-state index contributed by atoms with van der Waals surface area (Å²) in [6.45, 7) is 3.47. The van der Waals surface area contributed by atoms with Crippen molar-refractivity contribution in [3.63, 3.8) is 0 Å². The molecule has 0 unspecified atom stereocenters. The second-order valence-corrected chi connectivity index (χ2v) is 7.92. The molecule has 0 saturated carbocycles. The fourth-order valence-corrected chi connectivity index (χ4v) is 4.15. The summed E-state index contributed by atoms with van der Waals surface area (Å²) in [5, 5.41) is 13.3. The molecule has 2 aromatic carbocycles. The van der Waals surface area contributed by atoms with Crippen LogP contribution in [0.2, 0.25) is 0 Å². The first-order chi connectivity index (χ1) is 16.1. The largest absolute Gasteiger partial charge is 0.461 e. The molecule has 0 N–H and O–H groups in total. The lowest BCUT2D eigenvalue weighted by Crippen LogP contribution is -2.39. The maximum Gasteiger partial charge on any atom is 0.359 e. The van der Waals surface area contributed by atoms with Crippen LogP contribution in [0.4, 0.5) is 0 Å². The molecule has 5 rings (SSSR count). The monoisotopic (exact) mass is 444 g/mol. The van der Waals surface area contributed by atoms with E-state index in [1.165, 1.54) is 4.80 Å². The van der Waals surface area contributed by atoms with Gasteiger partial charge in [0.25, 0.3) is 0 Å². The lowest BCUT2D eigenvalue weighted by Gasteiger charge is -2.27. The van der Waals surface area contributed by atoms with Crippen molar-refractivity contribution in [1.82, 2.24) is 29.7 Å². The van der Waals surface area contributed by atoms with E-state index in [4.69, 9.17) is 4.74 Å². The maximum atomic E-state index is 13.0. The van der Waals surface area contributed by atoms with Crippen LogP contribution in [-0.2, 0) is 35.6 Å². The standard InChI is InChI=1S/C24H24N6O3/c1-2-33-24(32)23-18-15-28(22(31)16-30-25-19-10-6-7-11-20(19)26-30)13-12-21(18)29(27-23)14-17-8-4-3-5-9-17/h3-11H,2,12-16H2,1H3. The van der Waals surface area contributed by atoms with E-state index in [1.807, 2.05) is 59.3 Å². The first-order valence-electron chi connectivity index (χ1n) is 11.0. The molecule has 0 fully saturated rings. The second-order valence-electron chi connectivity index (χ2n) is 7.92. The number of nitrogens with zero attached hydrogens (tertiary/aromatic N) is 6. The van der Waals surface area contributed by atoms with Crippen molar-refractivity contribution in [3.05, 3.63) is 77.1 Å². The number of fused-ring (bicyclic) bond motifs is 2. The van der Waals surface area contributed by atoms with E-state index in [-0.39, 0.29) is 24.8 Å². The number of amides is 1. The number of aromatic nitrogens is 5. The zero-order chi connectivity index (χ0) is 22.8. The third-order valence-corrected chi connectivity index (χ3v) is 5.74. The lowest BCUT2D eigenvalue weighted by atomic mass is 10.0. The van der Waals surface area contributed by atoms with Crippen molar-refractivity contribution < 1.29 is 14.3 Å². The number of hydrogen-bond donors (Lipinski definition) is 0. The Kier molecular flexibility index (Phi) is 5.60. The van der Waals surface area contributed by atoms with Crippen LogP contribution in [0, 0.1) is 0 Å². The number of carbonyl (C=O) groups is 2. The molecule has 1 amide bonds. The smallest absolute Gasteiger partial charge is 0.359 e. The maximum absolute atomic E-state index is 13.0. The number of benzene rings is 2. The molecule has 0 saturated heterocycles. The van der Waals surface area contributed by atoms with Crippen LogP contribution in [0.25, 0.3) is 11.0 Å². The Balaban J connectivity index is 1.39. The lowest BCUT2D eigenvalue weighted by molar-refractivity contribution is -0.133. The molecule has 4 aromatic rings. The summed E-state index contributed by atoms with van der Waals surface area (Å²) >= 11 is 0. The van der Waals surface area contributed by atoms with Crippen molar-refractivity contribution >= 4 is 22.9 Å². The van der Waals surface area contributed by atoms with Gasteiger partial charge < -0.3 is 9.64 Å². The molecule has 168 valence electrons. The Morgan fingerprint density at radius 3 is 2.36 bits per heavy atom. The third-order valence-electron chi connectivity index (χ3n) is 5.74. The van der Waals surface area contributed by atoms with Gasteiger partial charge in [-0.1, -0.05) is 42.5 Å². The van der Waals surface area contributed by atoms with Crippen LogP contribution < -0.4 is 0 Å². The van der Waals surface area contributed by atoms with Gasteiger partial charge in [0.2, 0.25) is 5.91 Å². The van der Waals surface area contributed by atoms with Gasteiger partial charge in [0, 0.05) is 30.8 Å². The van der Waals surface area contributed by atoms with Gasteiger partial charge >= 0.3 is 5.97 Å². The van der Waals surface area contributed by atoms with Crippen molar-refractivity contribution in [3.8, 4) is 0 Å². The van der Waals surface area contributed by atoms with Crippen LogP contribution in [-0.4, -0.2) is 54.7 Å². The third kappa shape index (κ3) is 4.21. The first-order valence-corrected chi connectivity index (χ1v) is 11.0.